The predicted octanol–water partition coefficient (Wildman–Crippen LogP) is 2.17. The highest BCUT2D eigenvalue weighted by Gasteiger charge is 2.31. The lowest BCUT2D eigenvalue weighted by Crippen LogP contribution is -2.30. The number of pyridine rings is 1. The van der Waals surface area contributed by atoms with Crippen LogP contribution in [0.1, 0.15) is 28.3 Å². The van der Waals surface area contributed by atoms with Gasteiger partial charge in [0.25, 0.3) is 5.91 Å². The van der Waals surface area contributed by atoms with Gasteiger partial charge in [0.05, 0.1) is 0 Å². The van der Waals surface area contributed by atoms with E-state index in [-0.39, 0.29) is 5.91 Å². The van der Waals surface area contributed by atoms with E-state index in [9.17, 15) is 4.79 Å². The molecule has 0 radical (unpaired) electrons. The Labute approximate surface area is 118 Å². The van der Waals surface area contributed by atoms with Crippen LogP contribution in [0.15, 0.2) is 48.8 Å². The van der Waals surface area contributed by atoms with Gasteiger partial charge in [0.15, 0.2) is 0 Å². The van der Waals surface area contributed by atoms with Crippen LogP contribution < -0.4 is 10.6 Å². The molecular weight excluding hydrogens is 250 g/mol. The van der Waals surface area contributed by atoms with E-state index in [0.717, 1.165) is 12.1 Å². The third-order valence-corrected chi connectivity index (χ3v) is 3.76. The average Bonchev–Trinajstić information content (AvgIpc) is 2.87. The van der Waals surface area contributed by atoms with Crippen LogP contribution in [0.25, 0.3) is 0 Å². The minimum absolute atomic E-state index is 0.0272. The van der Waals surface area contributed by atoms with Gasteiger partial charge in [-0.25, -0.2) is 0 Å². The molecule has 20 heavy (non-hydrogen) atoms. The Morgan fingerprint density at radius 1 is 1.25 bits per heavy atom. The van der Waals surface area contributed by atoms with Crippen molar-refractivity contribution in [1.82, 2.24) is 4.98 Å². The molecule has 1 atom stereocenters. The molecule has 102 valence electrons. The van der Waals surface area contributed by atoms with Crippen molar-refractivity contribution in [1.29, 1.82) is 0 Å². The quantitative estimate of drug-likeness (QED) is 0.927. The lowest BCUT2D eigenvalue weighted by molar-refractivity contribution is 0.0988. The van der Waals surface area contributed by atoms with Gasteiger partial charge in [-0.05, 0) is 36.7 Å². The predicted molar refractivity (Wildman–Crippen MR) is 78.8 cm³/mol. The lowest BCUT2D eigenvalue weighted by atomic mass is 9.98. The second-order valence-electron chi connectivity index (χ2n) is 4.98. The number of hydrogen-bond donors (Lipinski definition) is 1. The molecule has 2 aromatic rings. The third kappa shape index (κ3) is 2.18. The number of fused-ring (bicyclic) bond motifs is 1. The van der Waals surface area contributed by atoms with Crippen LogP contribution in [-0.4, -0.2) is 24.0 Å². The zero-order chi connectivity index (χ0) is 13.9. The Morgan fingerprint density at radius 2 is 2.00 bits per heavy atom. The number of nitrogens with zero attached hydrogens (tertiary/aromatic N) is 2. The molecule has 4 heteroatoms. The first kappa shape index (κ1) is 12.8. The van der Waals surface area contributed by atoms with Gasteiger partial charge in [-0.2, -0.15) is 0 Å². The number of para-hydroxylation sites is 1. The minimum atomic E-state index is 0.0272. The second-order valence-corrected chi connectivity index (χ2v) is 4.98. The number of carbonyl (C=O) groups is 1. The molecule has 0 aliphatic carbocycles. The first-order valence-corrected chi connectivity index (χ1v) is 6.82. The van der Waals surface area contributed by atoms with Crippen LogP contribution in [0.4, 0.5) is 5.69 Å². The Morgan fingerprint density at radius 3 is 2.75 bits per heavy atom. The summed E-state index contributed by atoms with van der Waals surface area (Å²) in [6, 6.07) is 11.6. The van der Waals surface area contributed by atoms with Crippen LogP contribution >= 0.6 is 0 Å². The number of hydrogen-bond acceptors (Lipinski definition) is 3. The van der Waals surface area contributed by atoms with Gasteiger partial charge in [-0.3, -0.25) is 9.78 Å². The summed E-state index contributed by atoms with van der Waals surface area (Å²) in [5.74, 6) is 0.362. The maximum absolute atomic E-state index is 12.6. The fourth-order valence-corrected chi connectivity index (χ4v) is 2.79. The van der Waals surface area contributed by atoms with Crippen molar-refractivity contribution in [3.8, 4) is 0 Å². The SMILES string of the molecule is NCCC1CN(C(=O)c2ccncc2)c2ccccc21. The summed E-state index contributed by atoms with van der Waals surface area (Å²) < 4.78 is 0. The first-order chi connectivity index (χ1) is 9.81. The van der Waals surface area contributed by atoms with E-state index in [4.69, 9.17) is 5.73 Å². The molecule has 1 aromatic heterocycles. The van der Waals surface area contributed by atoms with Gasteiger partial charge in [0, 0.05) is 36.1 Å². The van der Waals surface area contributed by atoms with E-state index in [0.29, 0.717) is 24.6 Å². The summed E-state index contributed by atoms with van der Waals surface area (Å²) in [6.45, 7) is 1.34. The van der Waals surface area contributed by atoms with E-state index in [1.54, 1.807) is 24.5 Å². The summed E-state index contributed by atoms with van der Waals surface area (Å²) in [4.78, 5) is 18.4. The second kappa shape index (κ2) is 5.43. The summed E-state index contributed by atoms with van der Waals surface area (Å²) in [6.07, 6.45) is 4.19. The van der Waals surface area contributed by atoms with E-state index in [1.807, 2.05) is 23.1 Å². The van der Waals surface area contributed by atoms with Crippen molar-refractivity contribution in [2.45, 2.75) is 12.3 Å². The van der Waals surface area contributed by atoms with Crippen LogP contribution in [0.2, 0.25) is 0 Å². The molecule has 0 saturated heterocycles. The molecule has 0 bridgehead atoms. The minimum Gasteiger partial charge on any atom is -0.330 e. The fourth-order valence-electron chi connectivity index (χ4n) is 2.79. The maximum atomic E-state index is 12.6. The molecule has 1 aliphatic rings. The largest absolute Gasteiger partial charge is 0.330 e. The Bertz CT molecular complexity index is 612. The molecule has 2 heterocycles. The number of aromatic nitrogens is 1. The molecule has 1 amide bonds. The number of amides is 1. The number of nitrogens with two attached hydrogens (primary N) is 1. The van der Waals surface area contributed by atoms with Crippen LogP contribution in [0, 0.1) is 0 Å². The van der Waals surface area contributed by atoms with Crippen molar-refractivity contribution >= 4 is 11.6 Å². The van der Waals surface area contributed by atoms with Crippen molar-refractivity contribution in [2.24, 2.45) is 5.73 Å². The van der Waals surface area contributed by atoms with Crippen molar-refractivity contribution in [3.63, 3.8) is 0 Å². The molecule has 1 unspecified atom stereocenters. The lowest BCUT2D eigenvalue weighted by Gasteiger charge is -2.17. The molecule has 2 N–H and O–H groups in total. The van der Waals surface area contributed by atoms with E-state index in [1.165, 1.54) is 5.56 Å². The van der Waals surface area contributed by atoms with Crippen molar-refractivity contribution in [2.75, 3.05) is 18.0 Å². The zero-order valence-corrected chi connectivity index (χ0v) is 11.2. The normalized spacial score (nSPS) is 17.1. The summed E-state index contributed by atoms with van der Waals surface area (Å²) in [5.41, 5.74) is 8.59. The molecule has 3 rings (SSSR count). The van der Waals surface area contributed by atoms with Gasteiger partial charge >= 0.3 is 0 Å². The van der Waals surface area contributed by atoms with Crippen LogP contribution in [0.3, 0.4) is 0 Å². The van der Waals surface area contributed by atoms with E-state index < -0.39 is 0 Å². The summed E-state index contributed by atoms with van der Waals surface area (Å²) in [5, 5.41) is 0. The maximum Gasteiger partial charge on any atom is 0.258 e. The highest BCUT2D eigenvalue weighted by Crippen LogP contribution is 2.38. The number of benzene rings is 1. The Balaban J connectivity index is 1.94. The van der Waals surface area contributed by atoms with Gasteiger partial charge in [-0.1, -0.05) is 18.2 Å². The van der Waals surface area contributed by atoms with Gasteiger partial charge in [-0.15, -0.1) is 0 Å². The number of anilines is 1. The Kier molecular flexibility index (Phi) is 3.48. The van der Waals surface area contributed by atoms with E-state index >= 15 is 0 Å². The monoisotopic (exact) mass is 267 g/mol. The summed E-state index contributed by atoms with van der Waals surface area (Å²) >= 11 is 0. The standard InChI is InChI=1S/C16H17N3O/c17-8-5-13-11-19(15-4-2-1-3-14(13)15)16(20)12-6-9-18-10-7-12/h1-4,6-7,9-10,13H,5,8,11,17H2. The van der Waals surface area contributed by atoms with Crippen molar-refractivity contribution < 1.29 is 4.79 Å². The van der Waals surface area contributed by atoms with Gasteiger partial charge in [0.1, 0.15) is 0 Å². The molecule has 4 nitrogen and oxygen atoms in total. The molecule has 0 fully saturated rings. The zero-order valence-electron chi connectivity index (χ0n) is 11.2. The average molecular weight is 267 g/mol. The first-order valence-electron chi connectivity index (χ1n) is 6.82. The van der Waals surface area contributed by atoms with Gasteiger partial charge < -0.3 is 10.6 Å². The molecule has 1 aliphatic heterocycles. The highest BCUT2D eigenvalue weighted by molar-refractivity contribution is 6.07. The highest BCUT2D eigenvalue weighted by atomic mass is 16.2. The third-order valence-electron chi connectivity index (χ3n) is 3.76. The van der Waals surface area contributed by atoms with Crippen LogP contribution in [0.5, 0.6) is 0 Å². The smallest absolute Gasteiger partial charge is 0.258 e. The number of carbonyl (C=O) groups excluding carboxylic acids is 1. The Hall–Kier alpha value is -2.20. The molecule has 0 spiro atoms. The summed E-state index contributed by atoms with van der Waals surface area (Å²) in [7, 11) is 0. The van der Waals surface area contributed by atoms with Gasteiger partial charge in [0.2, 0.25) is 0 Å². The van der Waals surface area contributed by atoms with Crippen molar-refractivity contribution in [3.05, 3.63) is 59.9 Å². The molecule has 1 aromatic carbocycles. The van der Waals surface area contributed by atoms with E-state index in [2.05, 4.69) is 11.1 Å². The topological polar surface area (TPSA) is 59.2 Å². The number of rotatable bonds is 3. The van der Waals surface area contributed by atoms with Crippen LogP contribution in [-0.2, 0) is 0 Å². The fraction of sp³-hybridized carbons (Fsp3) is 0.250. The molecular formula is C16H17N3O. The molecule has 0 saturated carbocycles.